The Morgan fingerprint density at radius 3 is 2.69 bits per heavy atom. The summed E-state index contributed by atoms with van der Waals surface area (Å²) in [6.07, 6.45) is 3.73. The number of aryl methyl sites for hydroxylation is 1. The Morgan fingerprint density at radius 2 is 2.06 bits per heavy atom. The molecule has 3 fully saturated rings. The first-order valence-corrected chi connectivity index (χ1v) is 13.1. The molecule has 0 bridgehead atoms. The number of carbonyl (C=O) groups is 2. The second-order valence-electron chi connectivity index (χ2n) is 9.91. The van der Waals surface area contributed by atoms with Crippen molar-refractivity contribution in [2.75, 3.05) is 53.7 Å². The van der Waals surface area contributed by atoms with Crippen LogP contribution in [-0.4, -0.2) is 98.6 Å². The highest BCUT2D eigenvalue weighted by atomic mass is 16.5. The first kappa shape index (κ1) is 26.8. The minimum absolute atomic E-state index is 0.0258. The molecule has 0 radical (unpaired) electrons. The van der Waals surface area contributed by atoms with Gasteiger partial charge in [0, 0.05) is 57.6 Å². The standard InChI is InChI=1S/C25H41N5O6/c1-17(30(20-5-6-20)24(31)23-14-27-19(15-33-2)16-36-23)21-13-22(18-7-11-35-12-8-18)29(28-21)10-4-9-26-25(32)34-3/h13,17-20,23,27H,4-12,14-16H2,1-3H3,(H,26,32)/t17-,19-,23+/m0/s1. The van der Waals surface area contributed by atoms with Gasteiger partial charge < -0.3 is 34.5 Å². The third-order valence-corrected chi connectivity index (χ3v) is 7.24. The van der Waals surface area contributed by atoms with Crippen LogP contribution in [0, 0.1) is 0 Å². The van der Waals surface area contributed by atoms with Crippen LogP contribution in [0.15, 0.2) is 6.07 Å². The molecule has 2 N–H and O–H groups in total. The molecule has 2 amide bonds. The minimum Gasteiger partial charge on any atom is -0.453 e. The van der Waals surface area contributed by atoms with Crippen molar-refractivity contribution in [3.63, 3.8) is 0 Å². The number of hydrogen-bond donors (Lipinski definition) is 2. The Kier molecular flexibility index (Phi) is 9.58. The van der Waals surface area contributed by atoms with E-state index in [2.05, 4.69) is 33.0 Å². The summed E-state index contributed by atoms with van der Waals surface area (Å²) in [6.45, 7) is 6.24. The van der Waals surface area contributed by atoms with Gasteiger partial charge in [-0.3, -0.25) is 9.48 Å². The van der Waals surface area contributed by atoms with Gasteiger partial charge in [-0.1, -0.05) is 0 Å². The lowest BCUT2D eigenvalue weighted by Crippen LogP contribution is -2.55. The molecular formula is C25H41N5O6. The second-order valence-corrected chi connectivity index (χ2v) is 9.91. The van der Waals surface area contributed by atoms with Crippen LogP contribution in [0.25, 0.3) is 0 Å². The van der Waals surface area contributed by atoms with E-state index in [9.17, 15) is 9.59 Å². The van der Waals surface area contributed by atoms with Crippen molar-refractivity contribution in [1.29, 1.82) is 0 Å². The Labute approximate surface area is 213 Å². The SMILES string of the molecule is COC[C@H]1CO[C@@H](C(=O)N(C2CC2)[C@@H](C)c2cc(C3CCOCC3)n(CCCNC(=O)OC)n2)CN1. The van der Waals surface area contributed by atoms with Crippen LogP contribution >= 0.6 is 0 Å². The highest BCUT2D eigenvalue weighted by molar-refractivity contribution is 5.82. The van der Waals surface area contributed by atoms with Crippen molar-refractivity contribution in [2.24, 2.45) is 0 Å². The maximum absolute atomic E-state index is 13.6. The van der Waals surface area contributed by atoms with Crippen LogP contribution in [0.5, 0.6) is 0 Å². The average Bonchev–Trinajstić information content (AvgIpc) is 3.65. The monoisotopic (exact) mass is 507 g/mol. The normalized spacial score (nSPS) is 23.8. The molecule has 0 spiro atoms. The van der Waals surface area contributed by atoms with Crippen molar-refractivity contribution in [1.82, 2.24) is 25.3 Å². The Bertz CT molecular complexity index is 861. The molecule has 1 aromatic rings. The molecule has 1 aromatic heterocycles. The van der Waals surface area contributed by atoms with Gasteiger partial charge >= 0.3 is 6.09 Å². The van der Waals surface area contributed by atoms with E-state index < -0.39 is 12.2 Å². The molecule has 3 atom stereocenters. The largest absolute Gasteiger partial charge is 0.453 e. The zero-order valence-electron chi connectivity index (χ0n) is 21.7. The van der Waals surface area contributed by atoms with Crippen LogP contribution in [0.4, 0.5) is 4.79 Å². The highest BCUT2D eigenvalue weighted by Gasteiger charge is 2.41. The van der Waals surface area contributed by atoms with Gasteiger partial charge in [0.2, 0.25) is 0 Å². The van der Waals surface area contributed by atoms with E-state index in [0.29, 0.717) is 38.8 Å². The van der Waals surface area contributed by atoms with Crippen LogP contribution in [0.1, 0.15) is 62.4 Å². The topological polar surface area (TPSA) is 116 Å². The van der Waals surface area contributed by atoms with E-state index in [4.69, 9.17) is 19.3 Å². The summed E-state index contributed by atoms with van der Waals surface area (Å²) in [5.74, 6) is 0.396. The van der Waals surface area contributed by atoms with Crippen molar-refractivity contribution in [3.8, 4) is 0 Å². The van der Waals surface area contributed by atoms with E-state index in [1.807, 2.05) is 4.90 Å². The number of morpholine rings is 1. The first-order valence-electron chi connectivity index (χ1n) is 13.1. The van der Waals surface area contributed by atoms with Crippen LogP contribution in [0.2, 0.25) is 0 Å². The number of hydrogen-bond acceptors (Lipinski definition) is 8. The summed E-state index contributed by atoms with van der Waals surface area (Å²) in [5.41, 5.74) is 2.08. The van der Waals surface area contributed by atoms with Gasteiger partial charge in [0.25, 0.3) is 5.91 Å². The molecule has 0 unspecified atom stereocenters. The molecule has 0 aromatic carbocycles. The number of nitrogens with zero attached hydrogens (tertiary/aromatic N) is 3. The Morgan fingerprint density at radius 1 is 1.28 bits per heavy atom. The van der Waals surface area contributed by atoms with Crippen molar-refractivity contribution < 1.29 is 28.5 Å². The summed E-state index contributed by atoms with van der Waals surface area (Å²) in [6, 6.07) is 2.36. The predicted molar refractivity (Wildman–Crippen MR) is 132 cm³/mol. The van der Waals surface area contributed by atoms with Crippen LogP contribution < -0.4 is 10.6 Å². The van der Waals surface area contributed by atoms with Crippen molar-refractivity contribution >= 4 is 12.0 Å². The predicted octanol–water partition coefficient (Wildman–Crippen LogP) is 1.58. The number of aromatic nitrogens is 2. The van der Waals surface area contributed by atoms with Crippen LogP contribution in [-0.2, 0) is 30.3 Å². The van der Waals surface area contributed by atoms with Crippen molar-refractivity contribution in [3.05, 3.63) is 17.5 Å². The molecule has 2 aliphatic heterocycles. The molecule has 11 heteroatoms. The van der Waals surface area contributed by atoms with Gasteiger partial charge in [-0.25, -0.2) is 4.79 Å². The Hall–Kier alpha value is -2.21. The summed E-state index contributed by atoms with van der Waals surface area (Å²) in [7, 11) is 3.03. The molecule has 11 nitrogen and oxygen atoms in total. The molecule has 1 aliphatic carbocycles. The highest BCUT2D eigenvalue weighted by Crippen LogP contribution is 2.36. The quantitative estimate of drug-likeness (QED) is 0.434. The first-order chi connectivity index (χ1) is 17.5. The fraction of sp³-hybridized carbons (Fsp3) is 0.800. The third-order valence-electron chi connectivity index (χ3n) is 7.24. The minimum atomic E-state index is -0.498. The smallest absolute Gasteiger partial charge is 0.406 e. The second kappa shape index (κ2) is 12.8. The molecule has 3 heterocycles. The van der Waals surface area contributed by atoms with Gasteiger partial charge in [0.15, 0.2) is 0 Å². The number of carbonyl (C=O) groups excluding carboxylic acids is 2. The van der Waals surface area contributed by atoms with Gasteiger partial charge in [-0.05, 0) is 45.1 Å². The lowest BCUT2D eigenvalue weighted by atomic mass is 9.95. The molecule has 1 saturated carbocycles. The van der Waals surface area contributed by atoms with Crippen LogP contribution in [0.3, 0.4) is 0 Å². The molecule has 3 aliphatic rings. The molecule has 36 heavy (non-hydrogen) atoms. The summed E-state index contributed by atoms with van der Waals surface area (Å²) in [5, 5.41) is 11.1. The molecule has 202 valence electrons. The lowest BCUT2D eigenvalue weighted by Gasteiger charge is -2.35. The Balaban J connectivity index is 1.47. The van der Waals surface area contributed by atoms with E-state index in [1.165, 1.54) is 12.8 Å². The summed E-state index contributed by atoms with van der Waals surface area (Å²) in [4.78, 5) is 27.0. The lowest BCUT2D eigenvalue weighted by molar-refractivity contribution is -0.150. The average molecular weight is 508 g/mol. The van der Waals surface area contributed by atoms with Gasteiger partial charge in [0.1, 0.15) is 6.10 Å². The fourth-order valence-corrected chi connectivity index (χ4v) is 5.09. The summed E-state index contributed by atoms with van der Waals surface area (Å²) < 4.78 is 23.4. The van der Waals surface area contributed by atoms with E-state index in [0.717, 1.165) is 51.0 Å². The van der Waals surface area contributed by atoms with E-state index >= 15 is 0 Å². The van der Waals surface area contributed by atoms with E-state index in [-0.39, 0.29) is 24.0 Å². The number of methoxy groups -OCH3 is 2. The maximum atomic E-state index is 13.6. The fourth-order valence-electron chi connectivity index (χ4n) is 5.09. The number of alkyl carbamates (subject to hydrolysis) is 1. The molecular weight excluding hydrogens is 466 g/mol. The molecule has 4 rings (SSSR count). The number of amides is 2. The molecule has 2 saturated heterocycles. The van der Waals surface area contributed by atoms with Gasteiger partial charge in [-0.2, -0.15) is 5.10 Å². The zero-order chi connectivity index (χ0) is 25.5. The van der Waals surface area contributed by atoms with E-state index in [1.54, 1.807) is 7.11 Å². The van der Waals surface area contributed by atoms with Gasteiger partial charge in [0.05, 0.1) is 38.1 Å². The number of rotatable bonds is 11. The summed E-state index contributed by atoms with van der Waals surface area (Å²) >= 11 is 0. The zero-order valence-corrected chi connectivity index (χ0v) is 21.7. The van der Waals surface area contributed by atoms with Gasteiger partial charge in [-0.15, -0.1) is 0 Å². The number of nitrogens with one attached hydrogen (secondary N) is 2. The third kappa shape index (κ3) is 6.76. The van der Waals surface area contributed by atoms with Crippen molar-refractivity contribution in [2.45, 2.75) is 75.7 Å². The number of ether oxygens (including phenoxy) is 4. The maximum Gasteiger partial charge on any atom is 0.406 e.